The third-order valence-electron chi connectivity index (χ3n) is 4.11. The van der Waals surface area contributed by atoms with E-state index in [4.69, 9.17) is 23.2 Å². The maximum atomic E-state index is 12.6. The van der Waals surface area contributed by atoms with Crippen molar-refractivity contribution < 1.29 is 9.59 Å². The summed E-state index contributed by atoms with van der Waals surface area (Å²) in [7, 11) is 1.53. The Labute approximate surface area is 172 Å². The van der Waals surface area contributed by atoms with E-state index in [0.29, 0.717) is 27.1 Å². The average molecular weight is 417 g/mol. The number of anilines is 1. The van der Waals surface area contributed by atoms with Crippen LogP contribution in [0.3, 0.4) is 0 Å². The standard InChI is InChI=1S/C20H18Cl2N4O2/c1-12-6-8-13(9-7-12)16-10-17(25-24-16)20(28)26(2)11-18(27)23-19-14(21)4-3-5-15(19)22/h3-10H,11H2,1-2H3,(H,23,27)(H,24,25). The Morgan fingerprint density at radius 3 is 2.39 bits per heavy atom. The van der Waals surface area contributed by atoms with E-state index in [-0.39, 0.29) is 12.5 Å². The van der Waals surface area contributed by atoms with E-state index in [9.17, 15) is 9.59 Å². The van der Waals surface area contributed by atoms with Crippen molar-refractivity contribution in [2.45, 2.75) is 6.92 Å². The molecule has 8 heteroatoms. The second kappa shape index (κ2) is 8.46. The Hall–Kier alpha value is -2.83. The second-order valence-corrected chi connectivity index (χ2v) is 7.15. The van der Waals surface area contributed by atoms with Gasteiger partial charge in [-0.05, 0) is 25.1 Å². The van der Waals surface area contributed by atoms with Gasteiger partial charge in [0.05, 0.1) is 28.0 Å². The molecule has 2 aromatic carbocycles. The van der Waals surface area contributed by atoms with Crippen molar-refractivity contribution in [1.82, 2.24) is 15.1 Å². The minimum absolute atomic E-state index is 0.167. The quantitative estimate of drug-likeness (QED) is 0.646. The molecule has 28 heavy (non-hydrogen) atoms. The van der Waals surface area contributed by atoms with Gasteiger partial charge in [0.25, 0.3) is 5.91 Å². The van der Waals surface area contributed by atoms with Crippen molar-refractivity contribution in [3.8, 4) is 11.3 Å². The highest BCUT2D eigenvalue weighted by molar-refractivity contribution is 6.39. The molecule has 2 N–H and O–H groups in total. The minimum Gasteiger partial charge on any atom is -0.331 e. The van der Waals surface area contributed by atoms with Crippen LogP contribution >= 0.6 is 23.2 Å². The number of H-pyrrole nitrogens is 1. The number of carbonyl (C=O) groups excluding carboxylic acids is 2. The summed E-state index contributed by atoms with van der Waals surface area (Å²) in [5.41, 5.74) is 3.31. The van der Waals surface area contributed by atoms with E-state index in [1.165, 1.54) is 11.9 Å². The largest absolute Gasteiger partial charge is 0.331 e. The summed E-state index contributed by atoms with van der Waals surface area (Å²) in [6, 6.07) is 14.4. The zero-order chi connectivity index (χ0) is 20.3. The first-order chi connectivity index (χ1) is 13.3. The second-order valence-electron chi connectivity index (χ2n) is 6.34. The predicted octanol–water partition coefficient (Wildman–Crippen LogP) is 4.40. The molecule has 0 saturated carbocycles. The molecule has 0 radical (unpaired) electrons. The molecule has 1 aromatic heterocycles. The number of likely N-dealkylation sites (N-methyl/N-ethyl adjacent to an activating group) is 1. The number of benzene rings is 2. The lowest BCUT2D eigenvalue weighted by Crippen LogP contribution is -2.35. The summed E-state index contributed by atoms with van der Waals surface area (Å²) in [4.78, 5) is 26.1. The molecule has 0 bridgehead atoms. The molecule has 3 aromatic rings. The molecular weight excluding hydrogens is 399 g/mol. The Bertz CT molecular complexity index is 995. The lowest BCUT2D eigenvalue weighted by atomic mass is 10.1. The van der Waals surface area contributed by atoms with Crippen LogP contribution in [0.25, 0.3) is 11.3 Å². The van der Waals surface area contributed by atoms with Gasteiger partial charge < -0.3 is 10.2 Å². The number of hydrogen-bond acceptors (Lipinski definition) is 3. The molecule has 2 amide bonds. The number of nitrogens with zero attached hydrogens (tertiary/aromatic N) is 2. The van der Waals surface area contributed by atoms with Crippen molar-refractivity contribution in [2.75, 3.05) is 18.9 Å². The highest BCUT2D eigenvalue weighted by Gasteiger charge is 2.19. The van der Waals surface area contributed by atoms with Gasteiger partial charge in [0, 0.05) is 12.6 Å². The van der Waals surface area contributed by atoms with Gasteiger partial charge in [-0.25, -0.2) is 0 Å². The van der Waals surface area contributed by atoms with E-state index in [2.05, 4.69) is 15.5 Å². The molecule has 0 saturated heterocycles. The summed E-state index contributed by atoms with van der Waals surface area (Å²) < 4.78 is 0. The number of rotatable bonds is 5. The van der Waals surface area contributed by atoms with Gasteiger partial charge in [0.1, 0.15) is 5.69 Å². The molecule has 3 rings (SSSR count). The minimum atomic E-state index is -0.413. The summed E-state index contributed by atoms with van der Waals surface area (Å²) in [6.07, 6.45) is 0. The van der Waals surface area contributed by atoms with Crippen LogP contribution in [-0.2, 0) is 4.79 Å². The monoisotopic (exact) mass is 416 g/mol. The molecule has 0 aliphatic rings. The van der Waals surface area contributed by atoms with Crippen LogP contribution in [0.1, 0.15) is 16.1 Å². The molecule has 6 nitrogen and oxygen atoms in total. The third kappa shape index (κ3) is 4.52. The van der Waals surface area contributed by atoms with Crippen molar-refractivity contribution >= 4 is 40.7 Å². The summed E-state index contributed by atoms with van der Waals surface area (Å²) in [6.45, 7) is 1.83. The predicted molar refractivity (Wildman–Crippen MR) is 111 cm³/mol. The molecule has 144 valence electrons. The highest BCUT2D eigenvalue weighted by atomic mass is 35.5. The Morgan fingerprint density at radius 1 is 1.11 bits per heavy atom. The van der Waals surface area contributed by atoms with Gasteiger partial charge in [-0.3, -0.25) is 14.7 Å². The summed E-state index contributed by atoms with van der Waals surface area (Å²) in [5, 5.41) is 10.2. The van der Waals surface area contributed by atoms with Crippen molar-refractivity contribution in [2.24, 2.45) is 0 Å². The fourth-order valence-corrected chi connectivity index (χ4v) is 3.08. The molecule has 1 heterocycles. The number of aromatic amines is 1. The molecule has 0 spiro atoms. The molecule has 0 aliphatic heterocycles. The average Bonchev–Trinajstić information content (AvgIpc) is 3.15. The van der Waals surface area contributed by atoms with Crippen LogP contribution in [0.15, 0.2) is 48.5 Å². The number of amides is 2. The zero-order valence-electron chi connectivity index (χ0n) is 15.3. The maximum Gasteiger partial charge on any atom is 0.272 e. The van der Waals surface area contributed by atoms with E-state index < -0.39 is 5.91 Å². The lowest BCUT2D eigenvalue weighted by Gasteiger charge is -2.16. The maximum absolute atomic E-state index is 12.6. The van der Waals surface area contributed by atoms with Crippen LogP contribution in [0, 0.1) is 6.92 Å². The number of carbonyl (C=O) groups is 2. The van der Waals surface area contributed by atoms with Gasteiger partial charge in [-0.1, -0.05) is 59.1 Å². The summed E-state index contributed by atoms with van der Waals surface area (Å²) in [5.74, 6) is -0.768. The molecule has 0 fully saturated rings. The first-order valence-electron chi connectivity index (χ1n) is 8.47. The first-order valence-corrected chi connectivity index (χ1v) is 9.22. The van der Waals surface area contributed by atoms with Crippen molar-refractivity contribution in [3.05, 3.63) is 69.8 Å². The number of aryl methyl sites for hydroxylation is 1. The van der Waals surface area contributed by atoms with Crippen LogP contribution in [0.2, 0.25) is 10.0 Å². The summed E-state index contributed by atoms with van der Waals surface area (Å²) >= 11 is 12.1. The Morgan fingerprint density at radius 2 is 1.75 bits per heavy atom. The molecule has 0 unspecified atom stereocenters. The lowest BCUT2D eigenvalue weighted by molar-refractivity contribution is -0.116. The topological polar surface area (TPSA) is 78.1 Å². The smallest absolute Gasteiger partial charge is 0.272 e. The van der Waals surface area contributed by atoms with Crippen molar-refractivity contribution in [1.29, 1.82) is 0 Å². The van der Waals surface area contributed by atoms with E-state index in [1.54, 1.807) is 24.3 Å². The van der Waals surface area contributed by atoms with Gasteiger partial charge in [0.15, 0.2) is 0 Å². The highest BCUT2D eigenvalue weighted by Crippen LogP contribution is 2.29. The van der Waals surface area contributed by atoms with Gasteiger partial charge in [0.2, 0.25) is 5.91 Å². The van der Waals surface area contributed by atoms with Gasteiger partial charge in [-0.15, -0.1) is 0 Å². The van der Waals surface area contributed by atoms with Crippen LogP contribution in [-0.4, -0.2) is 40.5 Å². The fraction of sp³-hybridized carbons (Fsp3) is 0.150. The van der Waals surface area contributed by atoms with Crippen molar-refractivity contribution in [3.63, 3.8) is 0 Å². The fourth-order valence-electron chi connectivity index (χ4n) is 2.59. The van der Waals surface area contributed by atoms with Crippen LogP contribution < -0.4 is 5.32 Å². The zero-order valence-corrected chi connectivity index (χ0v) is 16.8. The first kappa shape index (κ1) is 19.9. The number of hydrogen-bond donors (Lipinski definition) is 2. The number of aromatic nitrogens is 2. The van der Waals surface area contributed by atoms with E-state index in [0.717, 1.165) is 11.1 Å². The third-order valence-corrected chi connectivity index (χ3v) is 4.74. The van der Waals surface area contributed by atoms with Crippen LogP contribution in [0.4, 0.5) is 5.69 Å². The molecule has 0 aliphatic carbocycles. The van der Waals surface area contributed by atoms with E-state index >= 15 is 0 Å². The number of para-hydroxylation sites is 1. The normalized spacial score (nSPS) is 10.6. The Balaban J connectivity index is 1.66. The Kier molecular flexibility index (Phi) is 6.02. The van der Waals surface area contributed by atoms with Gasteiger partial charge >= 0.3 is 0 Å². The SMILES string of the molecule is Cc1ccc(-c2cc(C(=O)N(C)CC(=O)Nc3c(Cl)cccc3Cl)[nH]n2)cc1. The molecule has 0 atom stereocenters. The van der Waals surface area contributed by atoms with E-state index in [1.807, 2.05) is 31.2 Å². The number of nitrogens with one attached hydrogen (secondary N) is 2. The number of halogens is 2. The van der Waals surface area contributed by atoms with Crippen LogP contribution in [0.5, 0.6) is 0 Å². The molecular formula is C20H18Cl2N4O2. The van der Waals surface area contributed by atoms with Gasteiger partial charge in [-0.2, -0.15) is 5.10 Å².